The molecule has 1 amide bonds. The number of esters is 2. The van der Waals surface area contributed by atoms with Gasteiger partial charge in [-0.25, -0.2) is 14.6 Å². The van der Waals surface area contributed by atoms with Gasteiger partial charge in [-0.3, -0.25) is 9.69 Å². The number of benzene rings is 2. The monoisotopic (exact) mass is 424 g/mol. The molecule has 154 valence electrons. The average molecular weight is 424 g/mol. The number of ether oxygens (including phenoxy) is 2. The van der Waals surface area contributed by atoms with E-state index in [9.17, 15) is 14.4 Å². The van der Waals surface area contributed by atoms with Crippen molar-refractivity contribution in [1.82, 2.24) is 4.90 Å². The van der Waals surface area contributed by atoms with Crippen LogP contribution in [0.3, 0.4) is 0 Å². The minimum Gasteiger partial charge on any atom is -0.465 e. The number of rotatable bonds is 5. The summed E-state index contributed by atoms with van der Waals surface area (Å²) in [5.74, 6) is -0.967. The summed E-state index contributed by atoms with van der Waals surface area (Å²) in [6.45, 7) is 2.06. The predicted octanol–water partition coefficient (Wildman–Crippen LogP) is 3.88. The number of aliphatic imine (C=N–C) groups is 1. The van der Waals surface area contributed by atoms with Crippen LogP contribution in [0.4, 0.5) is 5.69 Å². The summed E-state index contributed by atoms with van der Waals surface area (Å²) in [5.41, 5.74) is 2.29. The number of likely N-dealkylation sites (N-methyl/N-ethyl adjacent to an activating group) is 1. The third-order valence-electron chi connectivity index (χ3n) is 4.24. The summed E-state index contributed by atoms with van der Waals surface area (Å²) in [7, 11) is 2.98. The van der Waals surface area contributed by atoms with Gasteiger partial charge in [-0.1, -0.05) is 12.1 Å². The van der Waals surface area contributed by atoms with Crippen LogP contribution in [0.25, 0.3) is 6.08 Å². The second-order valence-electron chi connectivity index (χ2n) is 6.25. The summed E-state index contributed by atoms with van der Waals surface area (Å²) in [6.07, 6.45) is 1.75. The van der Waals surface area contributed by atoms with Crippen molar-refractivity contribution in [2.45, 2.75) is 6.92 Å². The summed E-state index contributed by atoms with van der Waals surface area (Å²) in [6, 6.07) is 13.5. The van der Waals surface area contributed by atoms with E-state index in [1.165, 1.54) is 23.8 Å². The fourth-order valence-corrected chi connectivity index (χ4v) is 3.62. The highest BCUT2D eigenvalue weighted by molar-refractivity contribution is 8.18. The molecule has 0 radical (unpaired) electrons. The van der Waals surface area contributed by atoms with Crippen LogP contribution >= 0.6 is 11.8 Å². The molecule has 2 aromatic carbocycles. The second-order valence-corrected chi connectivity index (χ2v) is 7.26. The molecule has 0 spiro atoms. The van der Waals surface area contributed by atoms with E-state index >= 15 is 0 Å². The second kappa shape index (κ2) is 9.41. The third kappa shape index (κ3) is 4.77. The van der Waals surface area contributed by atoms with Gasteiger partial charge in [0.1, 0.15) is 0 Å². The van der Waals surface area contributed by atoms with Gasteiger partial charge in [0.25, 0.3) is 5.91 Å². The van der Waals surface area contributed by atoms with Gasteiger partial charge in [-0.05, 0) is 66.7 Å². The smallest absolute Gasteiger partial charge is 0.338 e. The first-order valence-corrected chi connectivity index (χ1v) is 9.96. The normalized spacial score (nSPS) is 16.2. The Kier molecular flexibility index (Phi) is 6.68. The molecule has 0 saturated carbocycles. The Bertz CT molecular complexity index is 1030. The molecular weight excluding hydrogens is 404 g/mol. The number of amidine groups is 1. The van der Waals surface area contributed by atoms with Crippen LogP contribution in [-0.4, -0.2) is 48.7 Å². The maximum absolute atomic E-state index is 12.6. The van der Waals surface area contributed by atoms with Crippen molar-refractivity contribution in [1.29, 1.82) is 0 Å². The molecule has 30 heavy (non-hydrogen) atoms. The molecular formula is C22H20N2O5S. The first-order chi connectivity index (χ1) is 14.4. The molecule has 1 fully saturated rings. The van der Waals surface area contributed by atoms with Gasteiger partial charge in [-0.2, -0.15) is 0 Å². The standard InChI is InChI=1S/C22H20N2O5S/c1-4-29-21(27)16-9-11-17(12-10-16)23-22-24(2)19(25)18(30-22)13-14-5-7-15(8-6-14)20(26)28-3/h5-13H,4H2,1-3H3/b18-13-,23-22?. The molecule has 2 aromatic rings. The maximum atomic E-state index is 12.6. The van der Waals surface area contributed by atoms with Crippen molar-refractivity contribution in [2.75, 3.05) is 20.8 Å². The molecule has 7 nitrogen and oxygen atoms in total. The Balaban J connectivity index is 1.77. The van der Waals surface area contributed by atoms with Crippen molar-refractivity contribution in [3.63, 3.8) is 0 Å². The largest absolute Gasteiger partial charge is 0.465 e. The molecule has 0 aromatic heterocycles. The van der Waals surface area contributed by atoms with Gasteiger partial charge in [0, 0.05) is 7.05 Å². The molecule has 0 N–H and O–H groups in total. The van der Waals surface area contributed by atoms with Crippen LogP contribution in [0.1, 0.15) is 33.2 Å². The fourth-order valence-electron chi connectivity index (χ4n) is 2.63. The minimum absolute atomic E-state index is 0.168. The van der Waals surface area contributed by atoms with Crippen molar-refractivity contribution < 1.29 is 23.9 Å². The van der Waals surface area contributed by atoms with Crippen LogP contribution in [0.2, 0.25) is 0 Å². The molecule has 0 unspecified atom stereocenters. The molecule has 8 heteroatoms. The van der Waals surface area contributed by atoms with Gasteiger partial charge in [0.15, 0.2) is 5.17 Å². The van der Waals surface area contributed by atoms with Crippen LogP contribution in [-0.2, 0) is 14.3 Å². The number of thioether (sulfide) groups is 1. The van der Waals surface area contributed by atoms with E-state index in [0.717, 1.165) is 5.56 Å². The van der Waals surface area contributed by atoms with Crippen LogP contribution in [0.15, 0.2) is 58.4 Å². The first kappa shape index (κ1) is 21.3. The lowest BCUT2D eigenvalue weighted by atomic mass is 10.1. The molecule has 0 bridgehead atoms. The third-order valence-corrected chi connectivity index (χ3v) is 5.30. The number of methoxy groups -OCH3 is 1. The highest BCUT2D eigenvalue weighted by Gasteiger charge is 2.30. The van der Waals surface area contributed by atoms with E-state index in [1.54, 1.807) is 68.6 Å². The summed E-state index contributed by atoms with van der Waals surface area (Å²) in [4.78, 5) is 42.3. The molecule has 1 aliphatic heterocycles. The first-order valence-electron chi connectivity index (χ1n) is 9.14. The lowest BCUT2D eigenvalue weighted by Crippen LogP contribution is -2.23. The molecule has 1 heterocycles. The molecule has 3 rings (SSSR count). The molecule has 1 aliphatic rings. The van der Waals surface area contributed by atoms with Gasteiger partial charge >= 0.3 is 11.9 Å². The Hall–Kier alpha value is -3.39. The average Bonchev–Trinajstić information content (AvgIpc) is 3.02. The molecule has 1 saturated heterocycles. The zero-order valence-corrected chi connectivity index (χ0v) is 17.6. The number of nitrogens with zero attached hydrogens (tertiary/aromatic N) is 2. The van der Waals surface area contributed by atoms with Crippen molar-refractivity contribution in [3.05, 3.63) is 70.1 Å². The number of hydrogen-bond donors (Lipinski definition) is 0. The highest BCUT2D eigenvalue weighted by atomic mass is 32.2. The Morgan fingerprint density at radius 3 is 2.23 bits per heavy atom. The summed E-state index contributed by atoms with van der Waals surface area (Å²) >= 11 is 1.25. The van der Waals surface area contributed by atoms with Gasteiger partial charge < -0.3 is 9.47 Å². The Morgan fingerprint density at radius 1 is 1.03 bits per heavy atom. The maximum Gasteiger partial charge on any atom is 0.338 e. The lowest BCUT2D eigenvalue weighted by molar-refractivity contribution is -0.121. The topological polar surface area (TPSA) is 85.3 Å². The predicted molar refractivity (Wildman–Crippen MR) is 116 cm³/mol. The highest BCUT2D eigenvalue weighted by Crippen LogP contribution is 2.33. The van der Waals surface area contributed by atoms with E-state index in [2.05, 4.69) is 9.73 Å². The van der Waals surface area contributed by atoms with Crippen LogP contribution in [0, 0.1) is 0 Å². The van der Waals surface area contributed by atoms with Gasteiger partial charge in [0.05, 0.1) is 35.4 Å². The summed E-state index contributed by atoms with van der Waals surface area (Å²) < 4.78 is 9.65. The zero-order chi connectivity index (χ0) is 21.7. The lowest BCUT2D eigenvalue weighted by Gasteiger charge is -2.07. The number of hydrogen-bond acceptors (Lipinski definition) is 7. The van der Waals surface area contributed by atoms with E-state index in [1.807, 2.05) is 0 Å². The molecule has 0 aliphatic carbocycles. The molecule has 0 atom stereocenters. The van der Waals surface area contributed by atoms with Gasteiger partial charge in [0.2, 0.25) is 0 Å². The summed E-state index contributed by atoms with van der Waals surface area (Å²) in [5, 5.41) is 0.529. The van der Waals surface area contributed by atoms with Crippen molar-refractivity contribution in [2.24, 2.45) is 4.99 Å². The number of carbonyl (C=O) groups excluding carboxylic acids is 3. The van der Waals surface area contributed by atoms with E-state index in [4.69, 9.17) is 4.74 Å². The van der Waals surface area contributed by atoms with E-state index < -0.39 is 5.97 Å². The number of amides is 1. The quantitative estimate of drug-likeness (QED) is 0.535. The number of carbonyl (C=O) groups is 3. The van der Waals surface area contributed by atoms with Crippen molar-refractivity contribution in [3.8, 4) is 0 Å². The van der Waals surface area contributed by atoms with Crippen molar-refractivity contribution >= 4 is 46.5 Å². The van der Waals surface area contributed by atoms with Crippen LogP contribution in [0.5, 0.6) is 0 Å². The fraction of sp³-hybridized carbons (Fsp3) is 0.182. The SMILES string of the molecule is CCOC(=O)c1ccc(N=C2S/C(=C\c3ccc(C(=O)OC)cc3)C(=O)N2C)cc1. The van der Waals surface area contributed by atoms with E-state index in [0.29, 0.717) is 33.5 Å². The van der Waals surface area contributed by atoms with Gasteiger partial charge in [-0.15, -0.1) is 0 Å². The zero-order valence-electron chi connectivity index (χ0n) is 16.7. The van der Waals surface area contributed by atoms with E-state index in [-0.39, 0.29) is 11.9 Å². The Labute approximate surface area is 178 Å². The minimum atomic E-state index is -0.413. The van der Waals surface area contributed by atoms with Crippen LogP contribution < -0.4 is 0 Å². The Morgan fingerprint density at radius 2 is 1.63 bits per heavy atom.